The van der Waals surface area contributed by atoms with Gasteiger partial charge in [0, 0.05) is 78.6 Å². The summed E-state index contributed by atoms with van der Waals surface area (Å²) < 4.78 is 11.3. The highest BCUT2D eigenvalue weighted by atomic mass is 127. The Bertz CT molecular complexity index is 612. The van der Waals surface area contributed by atoms with Gasteiger partial charge in [-0.05, 0) is 24.6 Å². The highest BCUT2D eigenvalue weighted by Gasteiger charge is 2.33. The molecule has 1 aromatic carbocycles. The lowest BCUT2D eigenvalue weighted by atomic mass is 9.94. The molecule has 2 fully saturated rings. The van der Waals surface area contributed by atoms with E-state index < -0.39 is 0 Å². The van der Waals surface area contributed by atoms with Crippen molar-refractivity contribution in [2.45, 2.75) is 25.4 Å². The highest BCUT2D eigenvalue weighted by Crippen LogP contribution is 2.24. The van der Waals surface area contributed by atoms with Gasteiger partial charge in [0.2, 0.25) is 0 Å². The topological polar surface area (TPSA) is 49.3 Å². The zero-order valence-corrected chi connectivity index (χ0v) is 19.1. The Morgan fingerprint density at radius 2 is 1.93 bits per heavy atom. The molecule has 0 aromatic heterocycles. The fourth-order valence-corrected chi connectivity index (χ4v) is 3.77. The summed E-state index contributed by atoms with van der Waals surface area (Å²) in [6, 6.07) is 8.74. The van der Waals surface area contributed by atoms with Crippen molar-refractivity contribution < 1.29 is 9.47 Å². The molecule has 0 aliphatic carbocycles. The molecule has 0 radical (unpaired) electrons. The van der Waals surface area contributed by atoms with Crippen LogP contribution in [0.3, 0.4) is 0 Å². The zero-order valence-electron chi connectivity index (χ0n) is 16.7. The van der Waals surface area contributed by atoms with Gasteiger partial charge in [-0.25, -0.2) is 0 Å². The minimum atomic E-state index is -0.141. The highest BCUT2D eigenvalue weighted by molar-refractivity contribution is 14.0. The van der Waals surface area contributed by atoms with Crippen molar-refractivity contribution in [2.24, 2.45) is 4.99 Å². The van der Waals surface area contributed by atoms with E-state index in [1.165, 1.54) is 11.3 Å². The summed E-state index contributed by atoms with van der Waals surface area (Å²) in [6.45, 7) is 8.41. The van der Waals surface area contributed by atoms with Crippen molar-refractivity contribution in [3.8, 4) is 0 Å². The number of anilines is 1. The van der Waals surface area contributed by atoms with Crippen LogP contribution in [0, 0.1) is 6.92 Å². The zero-order chi connectivity index (χ0) is 18.4. The summed E-state index contributed by atoms with van der Waals surface area (Å²) in [5.74, 6) is 0.969. The fraction of sp³-hybridized carbons (Fsp3) is 0.650. The predicted octanol–water partition coefficient (Wildman–Crippen LogP) is 2.51. The molecule has 1 aromatic rings. The maximum Gasteiger partial charge on any atom is 0.193 e. The minimum Gasteiger partial charge on any atom is -0.381 e. The van der Waals surface area contributed by atoms with E-state index in [4.69, 9.17) is 9.47 Å². The van der Waals surface area contributed by atoms with Crippen LogP contribution in [-0.2, 0) is 9.47 Å². The van der Waals surface area contributed by atoms with E-state index in [0.717, 1.165) is 64.7 Å². The van der Waals surface area contributed by atoms with Gasteiger partial charge in [-0.3, -0.25) is 4.99 Å². The maximum absolute atomic E-state index is 5.82. The number of rotatable bonds is 4. The van der Waals surface area contributed by atoms with Crippen molar-refractivity contribution in [2.75, 3.05) is 65.0 Å². The number of nitrogens with one attached hydrogen (secondary N) is 1. The number of hydrogen-bond donors (Lipinski definition) is 1. The number of aryl methyl sites for hydroxylation is 1. The Hall–Kier alpha value is -1.06. The van der Waals surface area contributed by atoms with Gasteiger partial charge >= 0.3 is 0 Å². The first-order valence-electron chi connectivity index (χ1n) is 9.56. The second-order valence-corrected chi connectivity index (χ2v) is 7.21. The molecule has 2 aliphatic heterocycles. The molecule has 0 saturated carbocycles. The molecule has 27 heavy (non-hydrogen) atoms. The van der Waals surface area contributed by atoms with Crippen LogP contribution >= 0.6 is 24.0 Å². The van der Waals surface area contributed by atoms with Crippen molar-refractivity contribution in [3.05, 3.63) is 29.8 Å². The fourth-order valence-electron chi connectivity index (χ4n) is 3.77. The molecule has 0 atom stereocenters. The lowest BCUT2D eigenvalue weighted by molar-refractivity contribution is -0.0857. The summed E-state index contributed by atoms with van der Waals surface area (Å²) in [6.07, 6.45) is 1.85. The van der Waals surface area contributed by atoms with Gasteiger partial charge in [0.1, 0.15) is 0 Å². The molecule has 0 bridgehead atoms. The normalized spacial score (nSPS) is 20.2. The molecule has 0 unspecified atom stereocenters. The maximum atomic E-state index is 5.82. The van der Waals surface area contributed by atoms with Gasteiger partial charge in [-0.15, -0.1) is 24.0 Å². The molecule has 2 heterocycles. The minimum absolute atomic E-state index is 0. The second kappa shape index (κ2) is 10.5. The van der Waals surface area contributed by atoms with E-state index in [1.54, 1.807) is 7.11 Å². The van der Waals surface area contributed by atoms with Crippen LogP contribution in [0.1, 0.15) is 18.4 Å². The molecular weight excluding hydrogens is 455 g/mol. The summed E-state index contributed by atoms with van der Waals surface area (Å²) in [4.78, 5) is 9.29. The standard InChI is InChI=1S/C20H32N4O2.HI/c1-17-5-4-6-18(15-17)23-9-11-24(12-10-23)19(21-2)22-16-20(25-3)7-13-26-14-8-20;/h4-6,15H,7-14,16H2,1-3H3,(H,21,22);1H. The summed E-state index contributed by atoms with van der Waals surface area (Å²) in [5, 5.41) is 3.54. The quantitative estimate of drug-likeness (QED) is 0.401. The second-order valence-electron chi connectivity index (χ2n) is 7.21. The molecule has 3 rings (SSSR count). The Kier molecular flexibility index (Phi) is 8.62. The Morgan fingerprint density at radius 3 is 2.52 bits per heavy atom. The molecular formula is C20H33IN4O2. The Labute approximate surface area is 180 Å². The largest absolute Gasteiger partial charge is 0.381 e. The SMILES string of the molecule is CN=C(NCC1(OC)CCOCC1)N1CCN(c2cccc(C)c2)CC1.I. The number of nitrogens with zero attached hydrogens (tertiary/aromatic N) is 3. The van der Waals surface area contributed by atoms with Crippen LogP contribution < -0.4 is 10.2 Å². The molecule has 152 valence electrons. The first-order chi connectivity index (χ1) is 12.7. The van der Waals surface area contributed by atoms with Crippen molar-refractivity contribution in [3.63, 3.8) is 0 Å². The van der Waals surface area contributed by atoms with E-state index in [-0.39, 0.29) is 29.6 Å². The van der Waals surface area contributed by atoms with E-state index in [1.807, 2.05) is 7.05 Å². The van der Waals surface area contributed by atoms with Crippen LogP contribution in [-0.4, -0.2) is 76.6 Å². The third-order valence-electron chi connectivity index (χ3n) is 5.56. The average Bonchev–Trinajstić information content (AvgIpc) is 2.70. The first kappa shape index (κ1) is 22.2. The van der Waals surface area contributed by atoms with Gasteiger partial charge in [-0.2, -0.15) is 0 Å². The third-order valence-corrected chi connectivity index (χ3v) is 5.56. The number of piperazine rings is 1. The van der Waals surface area contributed by atoms with Crippen LogP contribution in [0.25, 0.3) is 0 Å². The van der Waals surface area contributed by atoms with E-state index in [9.17, 15) is 0 Å². The number of ether oxygens (including phenoxy) is 2. The Balaban J connectivity index is 0.00000261. The van der Waals surface area contributed by atoms with Crippen molar-refractivity contribution in [1.82, 2.24) is 10.2 Å². The Morgan fingerprint density at radius 1 is 1.22 bits per heavy atom. The number of methoxy groups -OCH3 is 1. The summed E-state index contributed by atoms with van der Waals surface area (Å²) >= 11 is 0. The molecule has 6 nitrogen and oxygen atoms in total. The van der Waals surface area contributed by atoms with Crippen LogP contribution in [0.4, 0.5) is 5.69 Å². The van der Waals surface area contributed by atoms with Crippen LogP contribution in [0.2, 0.25) is 0 Å². The number of halogens is 1. The number of benzene rings is 1. The summed E-state index contributed by atoms with van der Waals surface area (Å²) in [7, 11) is 3.66. The van der Waals surface area contributed by atoms with Crippen molar-refractivity contribution in [1.29, 1.82) is 0 Å². The lowest BCUT2D eigenvalue weighted by Gasteiger charge is -2.40. The number of guanidine groups is 1. The van der Waals surface area contributed by atoms with Crippen molar-refractivity contribution >= 4 is 35.6 Å². The van der Waals surface area contributed by atoms with Gasteiger partial charge in [-0.1, -0.05) is 12.1 Å². The first-order valence-corrected chi connectivity index (χ1v) is 9.56. The molecule has 2 saturated heterocycles. The van der Waals surface area contributed by atoms with Crippen LogP contribution in [0.5, 0.6) is 0 Å². The smallest absolute Gasteiger partial charge is 0.193 e. The van der Waals surface area contributed by atoms with Gasteiger partial charge in [0.05, 0.1) is 5.60 Å². The lowest BCUT2D eigenvalue weighted by Crippen LogP contribution is -2.56. The van der Waals surface area contributed by atoms with Gasteiger partial charge in [0.15, 0.2) is 5.96 Å². The van der Waals surface area contributed by atoms with Crippen LogP contribution in [0.15, 0.2) is 29.3 Å². The molecule has 0 amide bonds. The number of aliphatic imine (C=N–C) groups is 1. The molecule has 1 N–H and O–H groups in total. The third kappa shape index (κ3) is 5.71. The molecule has 2 aliphatic rings. The summed E-state index contributed by atoms with van der Waals surface area (Å²) in [5.41, 5.74) is 2.48. The van der Waals surface area contributed by atoms with E-state index >= 15 is 0 Å². The molecule has 0 spiro atoms. The molecule has 7 heteroatoms. The van der Waals surface area contributed by atoms with Gasteiger partial charge < -0.3 is 24.6 Å². The average molecular weight is 488 g/mol. The number of hydrogen-bond acceptors (Lipinski definition) is 4. The predicted molar refractivity (Wildman–Crippen MR) is 122 cm³/mol. The van der Waals surface area contributed by atoms with E-state index in [0.29, 0.717) is 0 Å². The monoisotopic (exact) mass is 488 g/mol. The van der Waals surface area contributed by atoms with E-state index in [2.05, 4.69) is 51.3 Å². The van der Waals surface area contributed by atoms with Gasteiger partial charge in [0.25, 0.3) is 0 Å².